The number of amides is 2. The van der Waals surface area contributed by atoms with Crippen molar-refractivity contribution in [1.29, 1.82) is 0 Å². The average molecular weight is 446 g/mol. The number of aryl methyl sites for hydroxylation is 1. The SMILES string of the molecule is CCCNC(=O)Cc1cccc(N(Cc2ccc(C)cc2)C(=O)c2ccc([N+](=O)[O-])cc2)c1. The smallest absolute Gasteiger partial charge is 0.269 e. The van der Waals surface area contributed by atoms with Crippen molar-refractivity contribution in [3.8, 4) is 0 Å². The number of hydrogen-bond donors (Lipinski definition) is 1. The molecular weight excluding hydrogens is 418 g/mol. The molecule has 7 nitrogen and oxygen atoms in total. The minimum absolute atomic E-state index is 0.0687. The zero-order valence-electron chi connectivity index (χ0n) is 18.8. The van der Waals surface area contributed by atoms with E-state index in [0.717, 1.165) is 23.1 Å². The first-order valence-electron chi connectivity index (χ1n) is 10.8. The highest BCUT2D eigenvalue weighted by Gasteiger charge is 2.20. The van der Waals surface area contributed by atoms with Gasteiger partial charge in [0.2, 0.25) is 5.91 Å². The van der Waals surface area contributed by atoms with E-state index in [4.69, 9.17) is 0 Å². The highest BCUT2D eigenvalue weighted by atomic mass is 16.6. The fourth-order valence-corrected chi connectivity index (χ4v) is 3.38. The number of rotatable bonds is 9. The van der Waals surface area contributed by atoms with E-state index in [0.29, 0.717) is 24.3 Å². The van der Waals surface area contributed by atoms with Gasteiger partial charge in [0.15, 0.2) is 0 Å². The monoisotopic (exact) mass is 445 g/mol. The number of nitrogens with one attached hydrogen (secondary N) is 1. The van der Waals surface area contributed by atoms with Gasteiger partial charge in [-0.3, -0.25) is 19.7 Å². The zero-order valence-corrected chi connectivity index (χ0v) is 18.8. The van der Waals surface area contributed by atoms with E-state index in [2.05, 4.69) is 5.32 Å². The Labute approximate surface area is 193 Å². The van der Waals surface area contributed by atoms with E-state index in [1.54, 1.807) is 4.90 Å². The van der Waals surface area contributed by atoms with Gasteiger partial charge in [0, 0.05) is 29.9 Å². The fraction of sp³-hybridized carbons (Fsp3) is 0.231. The van der Waals surface area contributed by atoms with Crippen LogP contribution in [-0.4, -0.2) is 23.3 Å². The Bertz CT molecular complexity index is 1130. The number of nitro benzene ring substituents is 1. The Morgan fingerprint density at radius 2 is 1.67 bits per heavy atom. The zero-order chi connectivity index (χ0) is 23.8. The lowest BCUT2D eigenvalue weighted by Crippen LogP contribution is -2.30. The number of non-ortho nitro benzene ring substituents is 1. The lowest BCUT2D eigenvalue weighted by molar-refractivity contribution is -0.384. The first-order valence-corrected chi connectivity index (χ1v) is 10.8. The normalized spacial score (nSPS) is 10.5. The van der Waals surface area contributed by atoms with Gasteiger partial charge >= 0.3 is 0 Å². The van der Waals surface area contributed by atoms with Gasteiger partial charge in [-0.1, -0.05) is 48.9 Å². The second kappa shape index (κ2) is 11.0. The van der Waals surface area contributed by atoms with Crippen LogP contribution >= 0.6 is 0 Å². The second-order valence-electron chi connectivity index (χ2n) is 7.88. The second-order valence-corrected chi connectivity index (χ2v) is 7.88. The summed E-state index contributed by atoms with van der Waals surface area (Å²) < 4.78 is 0. The van der Waals surface area contributed by atoms with Gasteiger partial charge in [0.1, 0.15) is 0 Å². The third-order valence-corrected chi connectivity index (χ3v) is 5.19. The molecule has 0 fully saturated rings. The van der Waals surface area contributed by atoms with Gasteiger partial charge < -0.3 is 10.2 Å². The third kappa shape index (κ3) is 6.49. The van der Waals surface area contributed by atoms with E-state index in [1.807, 2.05) is 62.4 Å². The molecule has 0 unspecified atom stereocenters. The molecule has 0 radical (unpaired) electrons. The van der Waals surface area contributed by atoms with Crippen LogP contribution in [0.3, 0.4) is 0 Å². The number of nitrogens with zero attached hydrogens (tertiary/aromatic N) is 2. The Morgan fingerprint density at radius 1 is 0.970 bits per heavy atom. The van der Waals surface area contributed by atoms with Gasteiger partial charge in [0.05, 0.1) is 17.9 Å². The Kier molecular flexibility index (Phi) is 7.91. The van der Waals surface area contributed by atoms with E-state index < -0.39 is 4.92 Å². The molecule has 3 aromatic carbocycles. The lowest BCUT2D eigenvalue weighted by Gasteiger charge is -2.24. The van der Waals surface area contributed by atoms with Crippen LogP contribution < -0.4 is 10.2 Å². The van der Waals surface area contributed by atoms with Crippen molar-refractivity contribution in [1.82, 2.24) is 5.32 Å². The minimum atomic E-state index is -0.495. The van der Waals surface area contributed by atoms with Crippen molar-refractivity contribution in [2.45, 2.75) is 33.2 Å². The molecule has 1 N–H and O–H groups in total. The minimum Gasteiger partial charge on any atom is -0.356 e. The fourth-order valence-electron chi connectivity index (χ4n) is 3.38. The molecule has 0 aliphatic carbocycles. The molecule has 0 saturated heterocycles. The average Bonchev–Trinajstić information content (AvgIpc) is 2.82. The molecule has 33 heavy (non-hydrogen) atoms. The molecule has 0 saturated carbocycles. The summed E-state index contributed by atoms with van der Waals surface area (Å²) in [7, 11) is 0. The quantitative estimate of drug-likeness (QED) is 0.378. The molecular formula is C26H27N3O4. The summed E-state index contributed by atoms with van der Waals surface area (Å²) in [5, 5.41) is 13.8. The molecule has 7 heteroatoms. The number of benzene rings is 3. The van der Waals surface area contributed by atoms with Crippen molar-refractivity contribution in [3.63, 3.8) is 0 Å². The molecule has 0 aliphatic heterocycles. The molecule has 0 aromatic heterocycles. The van der Waals surface area contributed by atoms with Crippen LogP contribution in [0.25, 0.3) is 0 Å². The van der Waals surface area contributed by atoms with Crippen LogP contribution in [0, 0.1) is 17.0 Å². The molecule has 0 spiro atoms. The van der Waals surface area contributed by atoms with Gasteiger partial charge in [-0.05, 0) is 48.7 Å². The van der Waals surface area contributed by atoms with E-state index >= 15 is 0 Å². The van der Waals surface area contributed by atoms with Crippen LogP contribution in [-0.2, 0) is 17.8 Å². The molecule has 0 bridgehead atoms. The van der Waals surface area contributed by atoms with Crippen LogP contribution in [0.4, 0.5) is 11.4 Å². The van der Waals surface area contributed by atoms with Crippen molar-refractivity contribution in [3.05, 3.63) is 105 Å². The maximum Gasteiger partial charge on any atom is 0.269 e. The molecule has 0 heterocycles. The van der Waals surface area contributed by atoms with Crippen LogP contribution in [0.15, 0.2) is 72.8 Å². The van der Waals surface area contributed by atoms with Crippen molar-refractivity contribution in [2.24, 2.45) is 0 Å². The summed E-state index contributed by atoms with van der Waals surface area (Å²) in [5.41, 5.74) is 3.79. The number of hydrogen-bond acceptors (Lipinski definition) is 4. The Balaban J connectivity index is 1.92. The van der Waals surface area contributed by atoms with E-state index in [-0.39, 0.29) is 23.9 Å². The van der Waals surface area contributed by atoms with Gasteiger partial charge in [-0.25, -0.2) is 0 Å². The summed E-state index contributed by atoms with van der Waals surface area (Å²) in [6, 6.07) is 20.8. The van der Waals surface area contributed by atoms with Crippen molar-refractivity contribution >= 4 is 23.2 Å². The number of carbonyl (C=O) groups is 2. The third-order valence-electron chi connectivity index (χ3n) is 5.19. The van der Waals surface area contributed by atoms with Crippen molar-refractivity contribution < 1.29 is 14.5 Å². The maximum absolute atomic E-state index is 13.4. The van der Waals surface area contributed by atoms with Gasteiger partial charge in [-0.2, -0.15) is 0 Å². The lowest BCUT2D eigenvalue weighted by atomic mass is 10.1. The molecule has 3 aromatic rings. The molecule has 170 valence electrons. The largest absolute Gasteiger partial charge is 0.356 e. The first kappa shape index (κ1) is 23.7. The highest BCUT2D eigenvalue weighted by Crippen LogP contribution is 2.23. The van der Waals surface area contributed by atoms with E-state index in [1.165, 1.54) is 24.3 Å². The van der Waals surface area contributed by atoms with Crippen molar-refractivity contribution in [2.75, 3.05) is 11.4 Å². The summed E-state index contributed by atoms with van der Waals surface area (Å²) in [6.45, 7) is 4.93. The topological polar surface area (TPSA) is 92.6 Å². The highest BCUT2D eigenvalue weighted by molar-refractivity contribution is 6.06. The van der Waals surface area contributed by atoms with Gasteiger partial charge in [0.25, 0.3) is 11.6 Å². The maximum atomic E-state index is 13.4. The predicted octanol–water partition coefficient (Wildman–Crippen LogP) is 4.82. The summed E-state index contributed by atoms with van der Waals surface area (Å²) in [4.78, 5) is 37.7. The molecule has 0 aliphatic rings. The number of carbonyl (C=O) groups excluding carboxylic acids is 2. The van der Waals surface area contributed by atoms with Crippen LogP contribution in [0.2, 0.25) is 0 Å². The molecule has 0 atom stereocenters. The summed E-state index contributed by atoms with van der Waals surface area (Å²) in [5.74, 6) is -0.348. The number of anilines is 1. The predicted molar refractivity (Wildman–Crippen MR) is 128 cm³/mol. The summed E-state index contributed by atoms with van der Waals surface area (Å²) in [6.07, 6.45) is 1.08. The van der Waals surface area contributed by atoms with Crippen LogP contribution in [0.5, 0.6) is 0 Å². The van der Waals surface area contributed by atoms with Crippen LogP contribution in [0.1, 0.15) is 40.4 Å². The standard InChI is InChI=1S/C26H27N3O4/c1-3-15-27-25(30)17-21-5-4-6-24(16-21)28(18-20-9-7-19(2)8-10-20)26(31)22-11-13-23(14-12-22)29(32)33/h4-14,16H,3,15,17-18H2,1-2H3,(H,27,30). The van der Waals surface area contributed by atoms with E-state index in [9.17, 15) is 19.7 Å². The molecule has 2 amide bonds. The Hall–Kier alpha value is -4.00. The first-order chi connectivity index (χ1) is 15.9. The Morgan fingerprint density at radius 3 is 2.30 bits per heavy atom. The molecule has 3 rings (SSSR count). The summed E-state index contributed by atoms with van der Waals surface area (Å²) >= 11 is 0. The number of nitro groups is 1. The van der Waals surface area contributed by atoms with Gasteiger partial charge in [-0.15, -0.1) is 0 Å².